The number of aliphatic carboxylic acids is 1. The van der Waals surface area contributed by atoms with Crippen molar-refractivity contribution in [1.29, 1.82) is 5.26 Å². The number of nitrogens with one attached hydrogen (secondary N) is 3. The van der Waals surface area contributed by atoms with E-state index in [1.54, 1.807) is 76.2 Å². The van der Waals surface area contributed by atoms with E-state index in [0.29, 0.717) is 111 Å². The summed E-state index contributed by atoms with van der Waals surface area (Å²) in [7, 11) is -1.41. The second kappa shape index (κ2) is 61.5. The van der Waals surface area contributed by atoms with Crippen LogP contribution < -0.4 is 50.0 Å². The molecule has 13 heterocycles. The summed E-state index contributed by atoms with van der Waals surface area (Å²) in [6, 6.07) is 26.2. The molecule has 0 unspecified atom stereocenters. The Morgan fingerprint density at radius 3 is 1.35 bits per heavy atom. The third kappa shape index (κ3) is 37.0. The molecule has 14 aromatic rings. The number of hydrogen-bond donors (Lipinski definition) is 8. The number of thiophene rings is 6. The molecular formula is C90H100BBr3Cl3N15O20S6. The Bertz CT molecular complexity index is 6760. The minimum atomic E-state index is -1.41. The second-order valence-electron chi connectivity index (χ2n) is 28.1. The molecule has 35 nitrogen and oxygen atoms in total. The molecule has 0 saturated carbocycles. The summed E-state index contributed by atoms with van der Waals surface area (Å²) in [6.07, 6.45) is 13.5. The van der Waals surface area contributed by atoms with Gasteiger partial charge in [-0.15, -0.1) is 68.0 Å². The summed E-state index contributed by atoms with van der Waals surface area (Å²) in [5.74, 6) is -2.53. The highest BCUT2D eigenvalue weighted by Gasteiger charge is 2.24. The van der Waals surface area contributed by atoms with Gasteiger partial charge in [-0.3, -0.25) is 66.4 Å². The van der Waals surface area contributed by atoms with Gasteiger partial charge >= 0.3 is 37.0 Å². The normalized spacial score (nSPS) is 11.2. The van der Waals surface area contributed by atoms with Crippen LogP contribution in [0.2, 0.25) is 15.1 Å². The molecule has 2 saturated heterocycles. The number of carbonyl (C=O) groups excluding carboxylic acids is 7. The number of aldehydes is 1. The summed E-state index contributed by atoms with van der Waals surface area (Å²) in [6.45, 7) is 25.5. The number of benzene rings is 3. The summed E-state index contributed by atoms with van der Waals surface area (Å²) in [4.78, 5) is 182. The van der Waals surface area contributed by atoms with Gasteiger partial charge in [0.1, 0.15) is 66.8 Å². The van der Waals surface area contributed by atoms with Crippen LogP contribution in [0.15, 0.2) is 149 Å². The number of carboxylic acids is 1. The van der Waals surface area contributed by atoms with Gasteiger partial charge in [0.05, 0.1) is 96.6 Å². The molecule has 0 atom stereocenters. The number of aromatic amines is 2. The van der Waals surface area contributed by atoms with E-state index in [2.05, 4.69) is 103 Å². The van der Waals surface area contributed by atoms with E-state index in [0.717, 1.165) is 107 Å². The summed E-state index contributed by atoms with van der Waals surface area (Å²) >= 11 is 35.9. The Kier molecular flexibility index (Phi) is 52.4. The predicted molar refractivity (Wildman–Crippen MR) is 559 cm³/mol. The minimum absolute atomic E-state index is 0.0225. The first-order valence-electron chi connectivity index (χ1n) is 41.9. The number of esters is 4. The number of likely N-dealkylation sites (tertiary alicyclic amines) is 1. The zero-order chi connectivity index (χ0) is 102. The number of aromatic nitrogens is 10. The number of hydrogen-bond acceptors (Lipinski definition) is 33. The molecule has 0 bridgehead atoms. The minimum Gasteiger partial charge on any atom is -0.480 e. The molecule has 736 valence electrons. The molecular weight excluding hydrogens is 2160 g/mol. The van der Waals surface area contributed by atoms with Crippen molar-refractivity contribution in [2.24, 2.45) is 5.73 Å². The average molecular weight is 2260 g/mol. The highest BCUT2D eigenvalue weighted by atomic mass is 79.9. The van der Waals surface area contributed by atoms with Crippen LogP contribution in [-0.2, 0) is 72.1 Å². The summed E-state index contributed by atoms with van der Waals surface area (Å²) in [5.41, 5.74) is 13.3. The van der Waals surface area contributed by atoms with Gasteiger partial charge in [-0.2, -0.15) is 5.26 Å². The molecule has 0 spiro atoms. The Hall–Kier alpha value is -10.9. The van der Waals surface area contributed by atoms with Crippen molar-refractivity contribution in [3.05, 3.63) is 227 Å². The molecule has 3 aromatic carbocycles. The monoisotopic (exact) mass is 2260 g/mol. The van der Waals surface area contributed by atoms with Crippen molar-refractivity contribution >= 4 is 268 Å². The molecule has 16 rings (SSSR count). The second-order valence-corrected chi connectivity index (χ2v) is 38.9. The highest BCUT2D eigenvalue weighted by molar-refractivity contribution is 9.11. The number of fused-ring (bicyclic) bond motifs is 5. The van der Waals surface area contributed by atoms with Crippen LogP contribution in [0, 0.1) is 52.9 Å². The van der Waals surface area contributed by atoms with Crippen LogP contribution in [0.1, 0.15) is 113 Å². The zero-order valence-corrected chi connectivity index (χ0v) is 88.5. The van der Waals surface area contributed by atoms with E-state index in [4.69, 9.17) is 75.2 Å². The fourth-order valence-corrected chi connectivity index (χ4v) is 19.4. The van der Waals surface area contributed by atoms with E-state index in [1.807, 2.05) is 95.8 Å². The van der Waals surface area contributed by atoms with E-state index in [9.17, 15) is 57.5 Å². The molecule has 0 radical (unpaired) electrons. The lowest BCUT2D eigenvalue weighted by Gasteiger charge is -2.15. The molecule has 2 amide bonds. The molecule has 2 aliphatic rings. The topological polar surface area (TPSA) is 521 Å². The number of nitriles is 1. The van der Waals surface area contributed by atoms with Crippen molar-refractivity contribution in [2.45, 2.75) is 134 Å². The van der Waals surface area contributed by atoms with Crippen molar-refractivity contribution in [3.63, 3.8) is 0 Å². The van der Waals surface area contributed by atoms with Crippen molar-refractivity contribution in [2.75, 3.05) is 63.7 Å². The zero-order valence-electron chi connectivity index (χ0n) is 76.6. The van der Waals surface area contributed by atoms with Gasteiger partial charge in [0, 0.05) is 83.9 Å². The number of nitrogen functional groups attached to an aromatic ring is 1. The van der Waals surface area contributed by atoms with E-state index >= 15 is 0 Å². The number of carboxylic acid groups (broad SMARTS) is 1. The SMILES string of the molecule is C1CCNC1.CCC=O.CCOC(=O)CBr.CCOC(=O)CC#N.CCOC(=O)Cn1cnc2sc(C)c(Br)c2c1=O.CCOC(=O)c1cc(C)sc1N.Cc1cc2c(=O)[nH]cnc2s1.Cc1sc2nc[nH]c(=O)c2c1Br.Cc1sc2ncn(CC(=O)N3CCCC3)c(=O)c2c1-c1ccc(Cl)cc1.Cc1sc2ncn(CC(=O)O)c(=O)c2c1-c1ccc(Cl)cc1.NC=O.OB(O)c1ccc(Cl)cc1. The fourth-order valence-electron chi connectivity index (χ4n) is 12.0. The number of rotatable bonds is 17. The summed E-state index contributed by atoms with van der Waals surface area (Å²) < 4.78 is 23.9. The molecule has 2 aliphatic heterocycles. The van der Waals surface area contributed by atoms with Crippen molar-refractivity contribution in [1.82, 2.24) is 58.8 Å². The Labute approximate surface area is 856 Å². The molecule has 10 N–H and O–H groups in total. The predicted octanol–water partition coefficient (Wildman–Crippen LogP) is 15.6. The number of nitrogens with two attached hydrogens (primary N) is 2. The Morgan fingerprint density at radius 1 is 0.536 bits per heavy atom. The van der Waals surface area contributed by atoms with Gasteiger partial charge in [0.15, 0.2) is 0 Å². The third-order valence-corrected chi connectivity index (χ3v) is 27.7. The smallest absolute Gasteiger partial charge is 0.480 e. The van der Waals surface area contributed by atoms with Crippen LogP contribution in [-0.4, -0.2) is 182 Å². The summed E-state index contributed by atoms with van der Waals surface area (Å²) in [5, 5.41) is 42.8. The van der Waals surface area contributed by atoms with Crippen LogP contribution in [0.3, 0.4) is 0 Å². The molecule has 2 fully saturated rings. The lowest BCUT2D eigenvalue weighted by Crippen LogP contribution is -2.34. The number of anilines is 1. The first kappa shape index (κ1) is 118. The maximum Gasteiger partial charge on any atom is 0.488 e. The van der Waals surface area contributed by atoms with Crippen LogP contribution in [0.5, 0.6) is 0 Å². The van der Waals surface area contributed by atoms with Gasteiger partial charge in [-0.25, -0.2) is 29.7 Å². The maximum atomic E-state index is 13.1. The van der Waals surface area contributed by atoms with E-state index in [1.165, 1.54) is 135 Å². The average Bonchev–Trinajstić information content (AvgIpc) is 1.63. The highest BCUT2D eigenvalue weighted by Crippen LogP contribution is 2.39. The van der Waals surface area contributed by atoms with E-state index in [-0.39, 0.29) is 71.6 Å². The Morgan fingerprint density at radius 2 is 0.942 bits per heavy atom. The first-order valence-corrected chi connectivity index (χ1v) is 50.6. The van der Waals surface area contributed by atoms with Gasteiger partial charge in [-0.05, 0) is 205 Å². The third-order valence-electron chi connectivity index (χ3n) is 18.1. The van der Waals surface area contributed by atoms with Crippen molar-refractivity contribution < 1.29 is 72.5 Å². The number of ether oxygens (including phenoxy) is 4. The maximum absolute atomic E-state index is 13.1. The van der Waals surface area contributed by atoms with Crippen LogP contribution in [0.25, 0.3) is 73.3 Å². The standard InChI is InChI=1S/C19H18ClN3O2S.C15H11ClN2O3S.C11H11BrN2O3S.C8H11NO2S.C7H5BrN2OS.C7H6N2OS.C6H6BClO2.C5H7NO2.C4H7BrO2.C4H9N.C3H6O.CH3NO/c1-12-16(13-4-6-14(20)7-5-13)17-18(26-12)21-11-23(19(17)25)10-15(24)22-8-2-3-9-22;1-8-12(9-2-4-10(16)5-3-9)13-14(22-8)17-7-18(15(13)21)6-11(19)20;1-3-17-7(15)4-14-5-13-10-8(11(14)16)9(12)6(2)18-10;1-3-11-8(10)6-4-5(2)12-7(6)9;1-3-5(8)4-6(11)9-2-10-7(4)12-3;1-4-2-5-6(10)8-3-9-7(5)11-4;8-6-3-1-5(2-4-6)7(9)10;1-2-8-5(7)3-4-6;1-2-7-4(6)3-5;1-2-4-5-3-1;1-2-3-4;2-1-3/h4-7,11H,2-3,8-10H2,1H3;2-5,7H,6H2,1H3,(H,19,20);5H,3-4H2,1-2H3;4H,3,9H2,1-2H3;2H,1H3,(H,9,10,11);2-3H,1H3,(H,8,9,10);1-4,9-10H;2-3H2,1H3;2-3H2,1H3;5H,1-4H2;3H,2H2,1H3;1H,(H2,2,3). The van der Waals surface area contributed by atoms with Gasteiger partial charge in [-0.1, -0.05) is 94.1 Å². The molecule has 138 heavy (non-hydrogen) atoms. The number of amides is 2. The molecule has 11 aromatic heterocycles. The van der Waals surface area contributed by atoms with E-state index < -0.39 is 31.6 Å². The number of carbonyl (C=O) groups is 8. The first-order chi connectivity index (χ1) is 65.8. The lowest BCUT2D eigenvalue weighted by molar-refractivity contribution is -0.144. The lowest BCUT2D eigenvalue weighted by atomic mass is 9.81. The number of nitrogens with zero attached hydrogens (tertiary/aromatic N) is 10. The van der Waals surface area contributed by atoms with Gasteiger partial charge in [0.25, 0.3) is 27.8 Å². The molecule has 0 aliphatic carbocycles. The van der Waals surface area contributed by atoms with Crippen LogP contribution >= 0.6 is 151 Å². The quantitative estimate of drug-likeness (QED) is 0.0138. The number of halogens is 6. The number of primary amides is 1. The largest absolute Gasteiger partial charge is 0.488 e. The number of H-pyrrole nitrogens is 2. The van der Waals surface area contributed by atoms with Gasteiger partial charge in [0.2, 0.25) is 12.3 Å². The van der Waals surface area contributed by atoms with Crippen molar-refractivity contribution in [3.8, 4) is 28.3 Å². The fraction of sp³-hybridized carbons (Fsp3) is 0.322. The number of aryl methyl sites for hydroxylation is 6. The number of alkyl halides is 1. The molecule has 48 heteroatoms. The van der Waals surface area contributed by atoms with Crippen LogP contribution in [0.4, 0.5) is 5.00 Å². The van der Waals surface area contributed by atoms with Gasteiger partial charge < -0.3 is 70.5 Å². The Balaban J connectivity index is 0.000000277.